The van der Waals surface area contributed by atoms with E-state index in [0.717, 1.165) is 12.1 Å². The summed E-state index contributed by atoms with van der Waals surface area (Å²) in [4.78, 5) is 10.3. The van der Waals surface area contributed by atoms with Crippen molar-refractivity contribution in [1.82, 2.24) is 0 Å². The molecule has 0 aliphatic carbocycles. The van der Waals surface area contributed by atoms with Crippen LogP contribution in [-0.4, -0.2) is 66.8 Å². The molecule has 62 valence electrons. The molecule has 0 radical (unpaired) electrons. The summed E-state index contributed by atoms with van der Waals surface area (Å²) >= 11 is 0. The Morgan fingerprint density at radius 1 is 1.33 bits per heavy atom. The van der Waals surface area contributed by atoms with Gasteiger partial charge in [-0.3, -0.25) is 0 Å². The number of hydrogen-bond donors (Lipinski definition) is 3. The van der Waals surface area contributed by atoms with E-state index in [2.05, 4.69) is 0 Å². The Bertz CT molecular complexity index is 306. The van der Waals surface area contributed by atoms with Crippen LogP contribution in [0.2, 0.25) is 0 Å². The number of phenolic OH excluding ortho intramolecular Hbond substituents is 1. The van der Waals surface area contributed by atoms with Gasteiger partial charge in [-0.1, -0.05) is 0 Å². The molecule has 0 bridgehead atoms. The largest absolute Gasteiger partial charge is 2.00 e. The van der Waals surface area contributed by atoms with Crippen LogP contribution in [-0.2, 0) is 0 Å². The van der Waals surface area contributed by atoms with Gasteiger partial charge in [0.15, 0.2) is 0 Å². The molecule has 12 heavy (non-hydrogen) atoms. The summed E-state index contributed by atoms with van der Waals surface area (Å²) in [5, 5.41) is 26.1. The van der Waals surface area contributed by atoms with Crippen LogP contribution < -0.4 is 0 Å². The number of carboxylic acid groups (broad SMARTS) is 1. The molecule has 0 amide bonds. The summed E-state index contributed by atoms with van der Waals surface area (Å²) in [6.07, 6.45) is 0. The molecule has 0 unspecified atom stereocenters. The molecule has 0 aliphatic heterocycles. The van der Waals surface area contributed by atoms with Crippen molar-refractivity contribution in [3.05, 3.63) is 23.8 Å². The molecule has 0 saturated carbocycles. The Morgan fingerprint density at radius 3 is 2.33 bits per heavy atom. The summed E-state index contributed by atoms with van der Waals surface area (Å²) in [5.74, 6) is -1.80. The van der Waals surface area contributed by atoms with Crippen LogP contribution in [0.15, 0.2) is 18.2 Å². The Labute approximate surface area is 109 Å². The van der Waals surface area contributed by atoms with Crippen molar-refractivity contribution in [3.63, 3.8) is 0 Å². The van der Waals surface area contributed by atoms with Gasteiger partial charge in [-0.25, -0.2) is 4.79 Å². The number of benzene rings is 1. The van der Waals surface area contributed by atoms with Crippen molar-refractivity contribution in [3.8, 4) is 11.5 Å². The van der Waals surface area contributed by atoms with Crippen molar-refractivity contribution >= 4 is 51.5 Å². The third kappa shape index (κ3) is 2.67. The Balaban J connectivity index is -0.000000403. The molecule has 0 fully saturated rings. The molecular formula is C7H8O4Sr. The molecule has 0 saturated heterocycles. The minimum Gasteiger partial charge on any atom is -1.00 e. The van der Waals surface area contributed by atoms with Crippen LogP contribution in [0.1, 0.15) is 13.2 Å². The zero-order valence-corrected chi connectivity index (χ0v) is 9.67. The molecule has 0 atom stereocenters. The molecule has 4 nitrogen and oxygen atoms in total. The molecule has 5 heteroatoms. The van der Waals surface area contributed by atoms with Crippen molar-refractivity contribution in [1.29, 1.82) is 0 Å². The molecule has 0 spiro atoms. The van der Waals surface area contributed by atoms with Crippen LogP contribution in [0.25, 0.3) is 0 Å². The Morgan fingerprint density at radius 2 is 1.92 bits per heavy atom. The second-order valence-corrected chi connectivity index (χ2v) is 2.01. The van der Waals surface area contributed by atoms with Gasteiger partial charge in [-0.15, -0.1) is 0 Å². The van der Waals surface area contributed by atoms with Gasteiger partial charge in [0.2, 0.25) is 0 Å². The van der Waals surface area contributed by atoms with E-state index in [1.807, 2.05) is 0 Å². The second-order valence-electron chi connectivity index (χ2n) is 2.01. The normalized spacial score (nSPS) is 8.67. The molecule has 1 aromatic rings. The fourth-order valence-electron chi connectivity index (χ4n) is 0.695. The third-order valence-corrected chi connectivity index (χ3v) is 1.21. The summed E-state index contributed by atoms with van der Waals surface area (Å²) in [7, 11) is 0. The molecule has 0 heterocycles. The van der Waals surface area contributed by atoms with Crippen molar-refractivity contribution in [2.45, 2.75) is 0 Å². The summed E-state index contributed by atoms with van der Waals surface area (Å²) in [6, 6.07) is 3.32. The van der Waals surface area contributed by atoms with E-state index in [0.29, 0.717) is 0 Å². The maximum atomic E-state index is 10.3. The Kier molecular flexibility index (Phi) is 4.62. The first-order chi connectivity index (χ1) is 5.11. The van der Waals surface area contributed by atoms with Crippen molar-refractivity contribution in [2.75, 3.05) is 0 Å². The first kappa shape index (κ1) is 11.8. The van der Waals surface area contributed by atoms with E-state index < -0.39 is 5.97 Å². The van der Waals surface area contributed by atoms with Gasteiger partial charge in [0.1, 0.15) is 17.1 Å². The van der Waals surface area contributed by atoms with Crippen LogP contribution >= 0.6 is 0 Å². The van der Waals surface area contributed by atoms with Crippen molar-refractivity contribution < 1.29 is 23.0 Å². The molecule has 1 rings (SSSR count). The first-order valence-corrected chi connectivity index (χ1v) is 2.86. The fraction of sp³-hybridized carbons (Fsp3) is 0. The number of phenols is 2. The molecule has 0 aromatic heterocycles. The minimum atomic E-state index is -1.27. The molecular weight excluding hydrogens is 236 g/mol. The monoisotopic (exact) mass is 244 g/mol. The van der Waals surface area contributed by atoms with Gasteiger partial charge in [0.25, 0.3) is 0 Å². The van der Waals surface area contributed by atoms with Crippen molar-refractivity contribution in [2.24, 2.45) is 0 Å². The molecule has 3 N–H and O–H groups in total. The van der Waals surface area contributed by atoms with Crippen LogP contribution in [0.5, 0.6) is 11.5 Å². The molecule has 0 aliphatic rings. The van der Waals surface area contributed by atoms with Gasteiger partial charge in [0.05, 0.1) is 0 Å². The van der Waals surface area contributed by atoms with Gasteiger partial charge in [-0.05, 0) is 18.2 Å². The second kappa shape index (κ2) is 4.71. The van der Waals surface area contributed by atoms with E-state index in [1.165, 1.54) is 6.07 Å². The van der Waals surface area contributed by atoms with Gasteiger partial charge >= 0.3 is 51.5 Å². The van der Waals surface area contributed by atoms with E-state index in [-0.39, 0.29) is 65.4 Å². The number of carbonyl (C=O) groups is 1. The fourth-order valence-corrected chi connectivity index (χ4v) is 0.695. The van der Waals surface area contributed by atoms with Crippen LogP contribution in [0.3, 0.4) is 0 Å². The molecule has 1 aromatic carbocycles. The van der Waals surface area contributed by atoms with E-state index in [4.69, 9.17) is 15.3 Å². The number of rotatable bonds is 1. The van der Waals surface area contributed by atoms with Gasteiger partial charge in [-0.2, -0.15) is 0 Å². The zero-order valence-electron chi connectivity index (χ0n) is 8.19. The van der Waals surface area contributed by atoms with E-state index >= 15 is 0 Å². The summed E-state index contributed by atoms with van der Waals surface area (Å²) in [6.45, 7) is 0. The van der Waals surface area contributed by atoms with E-state index in [1.54, 1.807) is 0 Å². The number of aromatic hydroxyl groups is 2. The third-order valence-electron chi connectivity index (χ3n) is 1.21. The van der Waals surface area contributed by atoms with Gasteiger partial charge in [0, 0.05) is 0 Å². The number of aromatic carboxylic acids is 1. The number of hydrogen-bond acceptors (Lipinski definition) is 3. The van der Waals surface area contributed by atoms with Crippen LogP contribution in [0, 0.1) is 0 Å². The standard InChI is InChI=1S/C7H6O4.Sr.2H/c8-4-1-2-6(9)5(3-4)7(10)11;;;/h1-3,8-9H,(H,10,11);;;/q;+2;2*-1. The predicted octanol–water partition coefficient (Wildman–Crippen LogP) is 0.640. The summed E-state index contributed by atoms with van der Waals surface area (Å²) < 4.78 is 0. The zero-order chi connectivity index (χ0) is 8.43. The number of carboxylic acids is 1. The van der Waals surface area contributed by atoms with E-state index in [9.17, 15) is 4.79 Å². The maximum Gasteiger partial charge on any atom is 2.00 e. The summed E-state index contributed by atoms with van der Waals surface area (Å²) in [5.41, 5.74) is -0.301. The maximum absolute atomic E-state index is 10.3. The average molecular weight is 244 g/mol. The minimum absolute atomic E-state index is 0. The SMILES string of the molecule is O=C(O)c1cc(O)ccc1O.[H-].[H-].[Sr+2]. The average Bonchev–Trinajstić information content (AvgIpc) is 1.94. The van der Waals surface area contributed by atoms with Crippen LogP contribution in [0.4, 0.5) is 0 Å². The van der Waals surface area contributed by atoms with Gasteiger partial charge < -0.3 is 18.2 Å². The first-order valence-electron chi connectivity index (χ1n) is 2.86. The Hall–Kier alpha value is -0.229. The predicted molar refractivity (Wildman–Crippen MR) is 44.7 cm³/mol. The smallest absolute Gasteiger partial charge is 1.00 e. The quantitative estimate of drug-likeness (QED) is 0.500. The topological polar surface area (TPSA) is 77.8 Å².